The van der Waals surface area contributed by atoms with Gasteiger partial charge in [-0.1, -0.05) is 51.3 Å². The second kappa shape index (κ2) is 20.4. The van der Waals surface area contributed by atoms with E-state index in [0.717, 1.165) is 0 Å². The number of rotatable bonds is 8. The third-order valence-corrected chi connectivity index (χ3v) is 4.47. The molecule has 0 fully saturated rings. The normalized spacial score (nSPS) is 10.5. The van der Waals surface area contributed by atoms with Gasteiger partial charge in [-0.05, 0) is 12.1 Å². The van der Waals surface area contributed by atoms with Crippen LogP contribution in [0.1, 0.15) is 44.4 Å². The van der Waals surface area contributed by atoms with E-state index in [9.17, 15) is 19.2 Å². The van der Waals surface area contributed by atoms with Gasteiger partial charge in [0.15, 0.2) is 0 Å². The van der Waals surface area contributed by atoms with Gasteiger partial charge >= 0.3 is 23.3 Å². The van der Waals surface area contributed by atoms with Crippen molar-refractivity contribution in [1.29, 1.82) is 0 Å². The number of carboxylic acids is 2. The van der Waals surface area contributed by atoms with Gasteiger partial charge in [-0.25, -0.2) is 4.79 Å². The molecule has 4 N–H and O–H groups in total. The lowest BCUT2D eigenvalue weighted by molar-refractivity contribution is -0.147. The summed E-state index contributed by atoms with van der Waals surface area (Å²) in [5.41, 5.74) is 5.61. The maximum Gasteiger partial charge on any atom is 0.403 e. The van der Waals surface area contributed by atoms with Crippen LogP contribution in [0.5, 0.6) is 11.5 Å². The fourth-order valence-corrected chi connectivity index (χ4v) is 2.59. The molecular formula is C25H36ClNO10. The smallest absolute Gasteiger partial charge is 0.403 e. The van der Waals surface area contributed by atoms with Gasteiger partial charge in [0, 0.05) is 22.7 Å². The Morgan fingerprint density at radius 2 is 1.19 bits per heavy atom. The predicted molar refractivity (Wildman–Crippen MR) is 139 cm³/mol. The van der Waals surface area contributed by atoms with Crippen LogP contribution in [-0.2, 0) is 23.9 Å². The molecule has 2 rings (SSSR count). The largest absolute Gasteiger partial charge is 0.496 e. The number of halogens is 1. The monoisotopic (exact) mass is 545 g/mol. The zero-order chi connectivity index (χ0) is 27.0. The molecule has 0 saturated carbocycles. The SMILES string of the molecule is C.C.COC(=O)C[C@@H](C(=O)O)c1ccccc1OC.COC(=O)Cl.COc1ccccc1[C@@H](N)C(=O)O. The van der Waals surface area contributed by atoms with Crippen LogP contribution in [0.15, 0.2) is 48.5 Å². The lowest BCUT2D eigenvalue weighted by Crippen LogP contribution is -2.21. The van der Waals surface area contributed by atoms with Gasteiger partial charge in [0.2, 0.25) is 0 Å². The molecule has 0 aromatic heterocycles. The fourth-order valence-electron chi connectivity index (χ4n) is 2.59. The minimum atomic E-state index is -1.08. The van der Waals surface area contributed by atoms with Crippen molar-refractivity contribution in [1.82, 2.24) is 0 Å². The first-order valence-corrected chi connectivity index (χ1v) is 10.2. The highest BCUT2D eigenvalue weighted by Gasteiger charge is 2.26. The van der Waals surface area contributed by atoms with Crippen LogP contribution in [0.25, 0.3) is 0 Å². The van der Waals surface area contributed by atoms with Crippen molar-refractivity contribution in [3.8, 4) is 11.5 Å². The number of benzene rings is 2. The Labute approximate surface area is 222 Å². The first-order chi connectivity index (χ1) is 16.5. The number of methoxy groups -OCH3 is 4. The molecule has 0 amide bonds. The number of aliphatic carboxylic acids is 2. The van der Waals surface area contributed by atoms with Gasteiger partial charge < -0.3 is 34.9 Å². The van der Waals surface area contributed by atoms with E-state index >= 15 is 0 Å². The molecule has 0 spiro atoms. The predicted octanol–water partition coefficient (Wildman–Crippen LogP) is 4.47. The minimum Gasteiger partial charge on any atom is -0.496 e. The van der Waals surface area contributed by atoms with E-state index in [0.29, 0.717) is 22.6 Å². The van der Waals surface area contributed by atoms with Crippen molar-refractivity contribution in [2.45, 2.75) is 33.2 Å². The van der Waals surface area contributed by atoms with Crippen molar-refractivity contribution < 1.29 is 48.3 Å². The molecule has 37 heavy (non-hydrogen) atoms. The van der Waals surface area contributed by atoms with Crippen LogP contribution in [-0.4, -0.2) is 62.0 Å². The van der Waals surface area contributed by atoms with Crippen molar-refractivity contribution in [3.63, 3.8) is 0 Å². The lowest BCUT2D eigenvalue weighted by atomic mass is 9.95. The van der Waals surface area contributed by atoms with E-state index < -0.39 is 35.3 Å². The molecule has 2 aromatic carbocycles. The van der Waals surface area contributed by atoms with Crippen molar-refractivity contribution >= 4 is 34.9 Å². The summed E-state index contributed by atoms with van der Waals surface area (Å²) in [5, 5.41) is 17.8. The summed E-state index contributed by atoms with van der Waals surface area (Å²) in [5.74, 6) is -2.73. The van der Waals surface area contributed by atoms with Gasteiger partial charge in [-0.2, -0.15) is 0 Å². The molecule has 2 atom stereocenters. The molecule has 0 aliphatic heterocycles. The maximum atomic E-state index is 11.2. The topological polar surface area (TPSA) is 172 Å². The highest BCUT2D eigenvalue weighted by molar-refractivity contribution is 6.61. The van der Waals surface area contributed by atoms with Gasteiger partial charge in [0.05, 0.1) is 40.8 Å². The Balaban J connectivity index is -0.000000516. The Morgan fingerprint density at radius 1 is 0.784 bits per heavy atom. The van der Waals surface area contributed by atoms with Crippen molar-refractivity contribution in [2.75, 3.05) is 28.4 Å². The highest BCUT2D eigenvalue weighted by Crippen LogP contribution is 2.29. The minimum absolute atomic E-state index is 0. The summed E-state index contributed by atoms with van der Waals surface area (Å²) in [6.07, 6.45) is -0.216. The number of carbonyl (C=O) groups excluding carboxylic acids is 2. The third-order valence-electron chi connectivity index (χ3n) is 4.31. The van der Waals surface area contributed by atoms with Crippen LogP contribution in [0.3, 0.4) is 0 Å². The molecule has 12 heteroatoms. The summed E-state index contributed by atoms with van der Waals surface area (Å²) >= 11 is 4.60. The molecule has 2 aromatic rings. The van der Waals surface area contributed by atoms with E-state index in [4.69, 9.17) is 25.4 Å². The van der Waals surface area contributed by atoms with Crippen LogP contribution < -0.4 is 15.2 Å². The molecule has 0 aliphatic rings. The quantitative estimate of drug-likeness (QED) is 0.315. The molecule has 0 bridgehead atoms. The Hall–Kier alpha value is -3.83. The summed E-state index contributed by atoms with van der Waals surface area (Å²) in [7, 11) is 5.38. The molecule has 0 heterocycles. The highest BCUT2D eigenvalue weighted by atomic mass is 35.5. The van der Waals surface area contributed by atoms with E-state index in [1.807, 2.05) is 0 Å². The molecule has 208 valence electrons. The first-order valence-electron chi connectivity index (χ1n) is 9.81. The summed E-state index contributed by atoms with van der Waals surface area (Å²) in [4.78, 5) is 42.3. The number of para-hydroxylation sites is 2. The number of carbonyl (C=O) groups is 4. The Bertz CT molecular complexity index is 983. The fraction of sp³-hybridized carbons (Fsp3) is 0.360. The average molecular weight is 546 g/mol. The maximum absolute atomic E-state index is 11.2. The molecular weight excluding hydrogens is 510 g/mol. The van der Waals surface area contributed by atoms with Crippen LogP contribution in [0.4, 0.5) is 4.79 Å². The zero-order valence-electron chi connectivity index (χ0n) is 19.6. The van der Waals surface area contributed by atoms with Crippen LogP contribution in [0.2, 0.25) is 0 Å². The molecule has 11 nitrogen and oxygen atoms in total. The second-order valence-corrected chi connectivity index (χ2v) is 6.72. The number of nitrogens with two attached hydrogens (primary N) is 1. The number of hydrogen-bond donors (Lipinski definition) is 3. The van der Waals surface area contributed by atoms with Crippen molar-refractivity contribution in [3.05, 3.63) is 59.7 Å². The number of esters is 1. The molecule has 0 saturated heterocycles. The summed E-state index contributed by atoms with van der Waals surface area (Å²) in [6, 6.07) is 12.5. The van der Waals surface area contributed by atoms with Crippen molar-refractivity contribution in [2.24, 2.45) is 5.73 Å². The van der Waals surface area contributed by atoms with Crippen LogP contribution in [0, 0.1) is 0 Å². The third kappa shape index (κ3) is 13.7. The van der Waals surface area contributed by atoms with Gasteiger partial charge in [0.25, 0.3) is 0 Å². The standard InChI is InChI=1S/C12H14O5.C9H11NO3.C2H3ClO2.2CH4/c1-16-10-6-4-3-5-8(10)9(12(14)15)7-11(13)17-2;1-13-7-5-3-2-4-6(7)8(10)9(11)12;1-5-2(3)4;;/h3-6,9H,7H2,1-2H3,(H,14,15);2-5,8H,10H2,1H3,(H,11,12);1H3;2*1H4/t9-;8-;;;/m11.../s1. The average Bonchev–Trinajstić information content (AvgIpc) is 2.86. The molecule has 0 radical (unpaired) electrons. The lowest BCUT2D eigenvalue weighted by Gasteiger charge is -2.14. The van der Waals surface area contributed by atoms with Gasteiger partial charge in [-0.3, -0.25) is 14.4 Å². The summed E-state index contributed by atoms with van der Waals surface area (Å²) < 4.78 is 18.4. The number of carboxylic acid groups (broad SMARTS) is 2. The van der Waals surface area contributed by atoms with Gasteiger partial charge in [0.1, 0.15) is 17.5 Å². The van der Waals surface area contributed by atoms with Crippen LogP contribution >= 0.6 is 11.6 Å². The second-order valence-electron chi connectivity index (χ2n) is 6.41. The summed E-state index contributed by atoms with van der Waals surface area (Å²) in [6.45, 7) is 0. The Morgan fingerprint density at radius 3 is 1.54 bits per heavy atom. The number of hydrogen-bond acceptors (Lipinski definition) is 9. The molecule has 0 aliphatic carbocycles. The number of ether oxygens (including phenoxy) is 4. The first kappa shape index (κ1) is 37.7. The Kier molecular flexibility index (Phi) is 20.8. The van der Waals surface area contributed by atoms with E-state index in [1.54, 1.807) is 48.5 Å². The zero-order valence-corrected chi connectivity index (χ0v) is 20.4. The molecule has 0 unspecified atom stereocenters. The van der Waals surface area contributed by atoms with Gasteiger partial charge in [-0.15, -0.1) is 0 Å². The van der Waals surface area contributed by atoms with E-state index in [-0.39, 0.29) is 21.3 Å². The van der Waals surface area contributed by atoms with E-state index in [1.165, 1.54) is 28.4 Å². The van der Waals surface area contributed by atoms with E-state index in [2.05, 4.69) is 21.1 Å².